The van der Waals surface area contributed by atoms with Crippen LogP contribution in [0.4, 0.5) is 0 Å². The molecule has 1 aliphatic heterocycles. The Morgan fingerprint density at radius 2 is 1.71 bits per heavy atom. The lowest BCUT2D eigenvalue weighted by molar-refractivity contribution is 0.0532. The Morgan fingerprint density at radius 3 is 2.36 bits per heavy atom. The highest BCUT2D eigenvalue weighted by Crippen LogP contribution is 2.45. The van der Waals surface area contributed by atoms with Crippen molar-refractivity contribution in [2.75, 3.05) is 13.1 Å². The number of likely N-dealkylation sites (tertiary alicyclic amines) is 1. The van der Waals surface area contributed by atoms with Crippen molar-refractivity contribution in [2.45, 2.75) is 50.6 Å². The lowest BCUT2D eigenvalue weighted by atomic mass is 9.81. The van der Waals surface area contributed by atoms with E-state index in [-0.39, 0.29) is 0 Å². The highest BCUT2D eigenvalue weighted by atomic mass is 15.2. The average Bonchev–Trinajstić information content (AvgIpc) is 2.96. The molecule has 2 heteroatoms. The second-order valence-electron chi connectivity index (χ2n) is 5.63. The zero-order valence-corrected chi connectivity index (χ0v) is 8.99. The minimum absolute atomic E-state index is 0.483. The number of rotatable bonds is 2. The summed E-state index contributed by atoms with van der Waals surface area (Å²) in [5, 5.41) is 0. The summed E-state index contributed by atoms with van der Waals surface area (Å²) in [5.74, 6) is 2.19. The standard InChI is InChI=1S/C12H22N2/c13-11-7-14(8-11)12-3-1-2-10(6-12)9-4-5-9/h9-12H,1-8,13H2. The van der Waals surface area contributed by atoms with Crippen LogP contribution in [0, 0.1) is 11.8 Å². The van der Waals surface area contributed by atoms with Crippen LogP contribution in [-0.4, -0.2) is 30.1 Å². The van der Waals surface area contributed by atoms with Gasteiger partial charge in [-0.3, -0.25) is 4.90 Å². The van der Waals surface area contributed by atoms with Gasteiger partial charge in [0.2, 0.25) is 0 Å². The molecule has 2 saturated carbocycles. The van der Waals surface area contributed by atoms with Crippen molar-refractivity contribution in [3.05, 3.63) is 0 Å². The van der Waals surface area contributed by atoms with Crippen molar-refractivity contribution in [3.63, 3.8) is 0 Å². The van der Waals surface area contributed by atoms with Gasteiger partial charge in [-0.2, -0.15) is 0 Å². The fraction of sp³-hybridized carbons (Fsp3) is 1.00. The van der Waals surface area contributed by atoms with Crippen LogP contribution in [0.1, 0.15) is 38.5 Å². The first kappa shape index (κ1) is 9.17. The van der Waals surface area contributed by atoms with Gasteiger partial charge in [-0.05, 0) is 37.5 Å². The number of hydrogen-bond acceptors (Lipinski definition) is 2. The third-order valence-electron chi connectivity index (χ3n) is 4.43. The lowest BCUT2D eigenvalue weighted by Gasteiger charge is -2.45. The summed E-state index contributed by atoms with van der Waals surface area (Å²) in [6.07, 6.45) is 8.96. The van der Waals surface area contributed by atoms with E-state index in [0.29, 0.717) is 6.04 Å². The Labute approximate surface area is 86.8 Å². The maximum Gasteiger partial charge on any atom is 0.0297 e. The Morgan fingerprint density at radius 1 is 0.929 bits per heavy atom. The molecule has 3 rings (SSSR count). The smallest absolute Gasteiger partial charge is 0.0297 e. The van der Waals surface area contributed by atoms with Crippen LogP contribution < -0.4 is 5.73 Å². The lowest BCUT2D eigenvalue weighted by Crippen LogP contribution is -2.60. The molecule has 0 aromatic heterocycles. The van der Waals surface area contributed by atoms with Gasteiger partial charge in [0.25, 0.3) is 0 Å². The number of nitrogens with two attached hydrogens (primary N) is 1. The third-order valence-corrected chi connectivity index (χ3v) is 4.43. The number of nitrogens with zero attached hydrogens (tertiary/aromatic N) is 1. The van der Waals surface area contributed by atoms with Gasteiger partial charge in [-0.1, -0.05) is 12.8 Å². The first-order valence-corrected chi connectivity index (χ1v) is 6.32. The van der Waals surface area contributed by atoms with Crippen LogP contribution in [0.3, 0.4) is 0 Å². The summed E-state index contributed by atoms with van der Waals surface area (Å²) in [4.78, 5) is 2.62. The molecule has 3 fully saturated rings. The summed E-state index contributed by atoms with van der Waals surface area (Å²) in [5.41, 5.74) is 5.84. The van der Waals surface area contributed by atoms with Gasteiger partial charge < -0.3 is 5.73 Å². The second-order valence-corrected chi connectivity index (χ2v) is 5.63. The molecule has 0 amide bonds. The van der Waals surface area contributed by atoms with E-state index in [1.807, 2.05) is 0 Å². The van der Waals surface area contributed by atoms with Crippen molar-refractivity contribution >= 4 is 0 Å². The highest BCUT2D eigenvalue weighted by molar-refractivity contribution is 4.93. The molecule has 0 bridgehead atoms. The molecule has 2 atom stereocenters. The molecule has 2 N–H and O–H groups in total. The Kier molecular flexibility index (Phi) is 2.29. The van der Waals surface area contributed by atoms with E-state index in [2.05, 4.69) is 4.90 Å². The average molecular weight is 194 g/mol. The molecule has 0 spiro atoms. The Bertz CT molecular complexity index is 206. The van der Waals surface area contributed by atoms with Gasteiger partial charge >= 0.3 is 0 Å². The first-order chi connectivity index (χ1) is 6.83. The van der Waals surface area contributed by atoms with Crippen molar-refractivity contribution < 1.29 is 0 Å². The zero-order valence-electron chi connectivity index (χ0n) is 8.99. The molecule has 2 aliphatic carbocycles. The van der Waals surface area contributed by atoms with Gasteiger partial charge in [0.15, 0.2) is 0 Å². The van der Waals surface area contributed by atoms with Crippen LogP contribution in [0.15, 0.2) is 0 Å². The highest BCUT2D eigenvalue weighted by Gasteiger charge is 2.38. The molecule has 3 aliphatic rings. The molecule has 0 aromatic rings. The Hall–Kier alpha value is -0.0800. The summed E-state index contributed by atoms with van der Waals surface area (Å²) in [6.45, 7) is 2.34. The van der Waals surface area contributed by atoms with Crippen LogP contribution in [0.2, 0.25) is 0 Å². The predicted octanol–water partition coefficient (Wildman–Crippen LogP) is 1.60. The summed E-state index contributed by atoms with van der Waals surface area (Å²) < 4.78 is 0. The number of hydrogen-bond donors (Lipinski definition) is 1. The maximum absolute atomic E-state index is 5.84. The van der Waals surface area contributed by atoms with Gasteiger partial charge in [0.1, 0.15) is 0 Å². The normalized spacial score (nSPS) is 40.9. The van der Waals surface area contributed by atoms with E-state index in [0.717, 1.165) is 17.9 Å². The Balaban J connectivity index is 1.53. The molecular weight excluding hydrogens is 172 g/mol. The fourth-order valence-electron chi connectivity index (χ4n) is 3.38. The fourth-order valence-corrected chi connectivity index (χ4v) is 3.38. The van der Waals surface area contributed by atoms with Crippen molar-refractivity contribution in [1.29, 1.82) is 0 Å². The summed E-state index contributed by atoms with van der Waals surface area (Å²) >= 11 is 0. The molecule has 0 radical (unpaired) electrons. The molecule has 14 heavy (non-hydrogen) atoms. The van der Waals surface area contributed by atoms with E-state index >= 15 is 0 Å². The molecule has 80 valence electrons. The van der Waals surface area contributed by atoms with Gasteiger partial charge in [-0.15, -0.1) is 0 Å². The predicted molar refractivity (Wildman–Crippen MR) is 58.0 cm³/mol. The van der Waals surface area contributed by atoms with Crippen molar-refractivity contribution in [3.8, 4) is 0 Å². The van der Waals surface area contributed by atoms with E-state index < -0.39 is 0 Å². The van der Waals surface area contributed by atoms with Crippen LogP contribution in [0.5, 0.6) is 0 Å². The van der Waals surface area contributed by atoms with Gasteiger partial charge in [-0.25, -0.2) is 0 Å². The van der Waals surface area contributed by atoms with Crippen LogP contribution in [-0.2, 0) is 0 Å². The second kappa shape index (κ2) is 3.49. The van der Waals surface area contributed by atoms with Gasteiger partial charge in [0.05, 0.1) is 0 Å². The van der Waals surface area contributed by atoms with Crippen molar-refractivity contribution in [1.82, 2.24) is 4.90 Å². The monoisotopic (exact) mass is 194 g/mol. The largest absolute Gasteiger partial charge is 0.325 e. The molecule has 1 heterocycles. The van der Waals surface area contributed by atoms with Crippen LogP contribution >= 0.6 is 0 Å². The van der Waals surface area contributed by atoms with Crippen molar-refractivity contribution in [2.24, 2.45) is 17.6 Å². The quantitative estimate of drug-likeness (QED) is 0.723. The topological polar surface area (TPSA) is 29.3 Å². The van der Waals surface area contributed by atoms with E-state index in [1.54, 1.807) is 0 Å². The van der Waals surface area contributed by atoms with E-state index in [1.165, 1.54) is 51.6 Å². The first-order valence-electron chi connectivity index (χ1n) is 6.32. The molecule has 1 saturated heterocycles. The molecule has 0 aromatic carbocycles. The van der Waals surface area contributed by atoms with E-state index in [4.69, 9.17) is 5.73 Å². The summed E-state index contributed by atoms with van der Waals surface area (Å²) in [6, 6.07) is 1.38. The minimum atomic E-state index is 0.483. The SMILES string of the molecule is NC1CN(C2CCCC(C3CC3)C2)C1. The van der Waals surface area contributed by atoms with Gasteiger partial charge in [0, 0.05) is 25.2 Å². The third kappa shape index (κ3) is 1.70. The molecular formula is C12H22N2. The van der Waals surface area contributed by atoms with Crippen LogP contribution in [0.25, 0.3) is 0 Å². The minimum Gasteiger partial charge on any atom is -0.325 e. The van der Waals surface area contributed by atoms with E-state index in [9.17, 15) is 0 Å². The molecule has 2 nitrogen and oxygen atoms in total. The molecule has 2 unspecified atom stereocenters. The maximum atomic E-state index is 5.84. The summed E-state index contributed by atoms with van der Waals surface area (Å²) in [7, 11) is 0. The zero-order chi connectivity index (χ0) is 9.54.